The van der Waals surface area contributed by atoms with E-state index in [-0.39, 0.29) is 5.56 Å². The number of allylic oxidation sites excluding steroid dienone is 2. The molecule has 0 aliphatic carbocycles. The zero-order chi connectivity index (χ0) is 11.6. The summed E-state index contributed by atoms with van der Waals surface area (Å²) in [4.78, 5) is 0. The van der Waals surface area contributed by atoms with E-state index in [1.54, 1.807) is 0 Å². The summed E-state index contributed by atoms with van der Waals surface area (Å²) in [6.07, 6.45) is -3.62. The average Bonchev–Trinajstić information content (AvgIpc) is 1.99. The quantitative estimate of drug-likeness (QED) is 0.756. The Bertz CT molecular complexity index is 379. The van der Waals surface area contributed by atoms with Crippen LogP contribution in [0.1, 0.15) is 12.5 Å². The topological polar surface area (TPSA) is 40.5 Å². The molecule has 0 fully saturated rings. The molecule has 15 heavy (non-hydrogen) atoms. The van der Waals surface area contributed by atoms with Gasteiger partial charge in [-0.1, -0.05) is 0 Å². The van der Waals surface area contributed by atoms with Crippen LogP contribution in [0.3, 0.4) is 0 Å². The van der Waals surface area contributed by atoms with Gasteiger partial charge in [0.05, 0.1) is 0 Å². The number of hydrogen-bond donors (Lipinski definition) is 2. The van der Waals surface area contributed by atoms with E-state index >= 15 is 0 Å². The van der Waals surface area contributed by atoms with E-state index in [1.165, 1.54) is 6.92 Å². The Balaban J connectivity index is 3.26. The van der Waals surface area contributed by atoms with E-state index in [4.69, 9.17) is 10.2 Å². The van der Waals surface area contributed by atoms with Crippen LogP contribution >= 0.6 is 0 Å². The van der Waals surface area contributed by atoms with Crippen LogP contribution in [-0.2, 0) is 0 Å². The van der Waals surface area contributed by atoms with Crippen molar-refractivity contribution in [2.24, 2.45) is 0 Å². The van der Waals surface area contributed by atoms with Crippen LogP contribution < -0.4 is 0 Å². The molecule has 0 atom stereocenters. The maximum atomic E-state index is 12.4. The third kappa shape index (κ3) is 2.74. The van der Waals surface area contributed by atoms with Gasteiger partial charge < -0.3 is 0 Å². The Morgan fingerprint density at radius 1 is 1.27 bits per heavy atom. The Hall–Kier alpha value is -1.46. The molecule has 1 aromatic heterocycles. The van der Waals surface area contributed by atoms with Crippen molar-refractivity contribution in [1.82, 2.24) is 0 Å². The summed E-state index contributed by atoms with van der Waals surface area (Å²) in [5.74, 6) is 0. The minimum atomic E-state index is -4.50. The fraction of sp³-hybridized carbons (Fsp3) is 0.222. The van der Waals surface area contributed by atoms with Crippen LogP contribution in [0.4, 0.5) is 13.2 Å². The van der Waals surface area contributed by atoms with Crippen molar-refractivity contribution in [2.75, 3.05) is 0 Å². The molecule has 0 aromatic carbocycles. The molecule has 2 N–H and O–H groups in total. The molecule has 2 nitrogen and oxygen atoms in total. The Labute approximate surface area is 84.9 Å². The number of rotatable bonds is 1. The zero-order valence-electron chi connectivity index (χ0n) is 7.84. The summed E-state index contributed by atoms with van der Waals surface area (Å²) in [6.45, 7) is 2.21. The second kappa shape index (κ2) is 3.96. The molecule has 1 aromatic rings. The SMILES string of the molecule is C/C=C(/c1cc(O)bc(O)c1)C(F)(F)F. The van der Waals surface area contributed by atoms with Crippen LogP contribution in [0.2, 0.25) is 0 Å². The van der Waals surface area contributed by atoms with E-state index in [1.807, 2.05) is 0 Å². The minimum absolute atomic E-state index is 0.262. The molecule has 6 heteroatoms. The van der Waals surface area contributed by atoms with Crippen LogP contribution in [-0.4, -0.2) is 23.3 Å². The van der Waals surface area contributed by atoms with Crippen molar-refractivity contribution in [3.63, 3.8) is 0 Å². The maximum absolute atomic E-state index is 12.4. The summed E-state index contributed by atoms with van der Waals surface area (Å²) >= 11 is 0. The molecule has 0 amide bonds. The van der Waals surface area contributed by atoms with E-state index in [0.29, 0.717) is 0 Å². The predicted molar refractivity (Wildman–Crippen MR) is 50.8 cm³/mol. The Morgan fingerprint density at radius 2 is 1.73 bits per heavy atom. The van der Waals surface area contributed by atoms with Crippen LogP contribution in [0, 0.1) is 0 Å². The van der Waals surface area contributed by atoms with Crippen molar-refractivity contribution in [3.8, 4) is 11.3 Å². The van der Waals surface area contributed by atoms with Gasteiger partial charge in [-0.15, -0.1) is 0 Å². The second-order valence-electron chi connectivity index (χ2n) is 2.94. The Morgan fingerprint density at radius 3 is 2.07 bits per heavy atom. The average molecular weight is 216 g/mol. The summed E-state index contributed by atoms with van der Waals surface area (Å²) < 4.78 is 37.3. The summed E-state index contributed by atoms with van der Waals surface area (Å²) in [5, 5.41) is 18.1. The fourth-order valence-electron chi connectivity index (χ4n) is 1.24. The number of hydrogen-bond acceptors (Lipinski definition) is 2. The van der Waals surface area contributed by atoms with E-state index in [2.05, 4.69) is 0 Å². The van der Waals surface area contributed by atoms with Crippen molar-refractivity contribution in [1.29, 1.82) is 0 Å². The Kier molecular flexibility index (Phi) is 3.07. The molecule has 0 aliphatic heterocycles. The van der Waals surface area contributed by atoms with Gasteiger partial charge in [0, 0.05) is 0 Å². The molecule has 0 radical (unpaired) electrons. The van der Waals surface area contributed by atoms with Gasteiger partial charge in [0.1, 0.15) is 0 Å². The molecular weight excluding hydrogens is 208 g/mol. The van der Waals surface area contributed by atoms with Crippen LogP contribution in [0.15, 0.2) is 18.2 Å². The van der Waals surface area contributed by atoms with Crippen molar-refractivity contribution >= 4 is 12.5 Å². The number of halogens is 3. The van der Waals surface area contributed by atoms with Gasteiger partial charge in [0.2, 0.25) is 0 Å². The zero-order valence-corrected chi connectivity index (χ0v) is 7.84. The van der Waals surface area contributed by atoms with Crippen molar-refractivity contribution < 1.29 is 23.4 Å². The monoisotopic (exact) mass is 216 g/mol. The van der Waals surface area contributed by atoms with Gasteiger partial charge in [-0.05, 0) is 0 Å². The normalized spacial score (nSPS) is 12.7. The molecule has 0 aliphatic rings. The van der Waals surface area contributed by atoms with Gasteiger partial charge in [-0.2, -0.15) is 0 Å². The van der Waals surface area contributed by atoms with Gasteiger partial charge >= 0.3 is 84.0 Å². The van der Waals surface area contributed by atoms with Gasteiger partial charge in [-0.25, -0.2) is 0 Å². The third-order valence-electron chi connectivity index (χ3n) is 1.81. The first kappa shape index (κ1) is 11.6. The van der Waals surface area contributed by atoms with Crippen molar-refractivity contribution in [2.45, 2.75) is 13.1 Å². The molecule has 0 unspecified atom stereocenters. The molecule has 0 saturated carbocycles. The van der Waals surface area contributed by atoms with E-state index in [9.17, 15) is 13.2 Å². The number of alkyl halides is 3. The van der Waals surface area contributed by atoms with Crippen molar-refractivity contribution in [3.05, 3.63) is 23.8 Å². The molecule has 0 saturated heterocycles. The first-order chi connectivity index (χ1) is 6.84. The van der Waals surface area contributed by atoms with Crippen LogP contribution in [0.25, 0.3) is 5.57 Å². The van der Waals surface area contributed by atoms with E-state index < -0.39 is 23.0 Å². The summed E-state index contributed by atoms with van der Waals surface area (Å²) in [7, 11) is 0. The molecule has 1 rings (SSSR count). The predicted octanol–water partition coefficient (Wildman–Crippen LogP) is 2.40. The first-order valence-electron chi connectivity index (χ1n) is 4.11. The fourth-order valence-corrected chi connectivity index (χ4v) is 1.24. The van der Waals surface area contributed by atoms with Gasteiger partial charge in [-0.3, -0.25) is 0 Å². The molecule has 80 valence electrons. The van der Waals surface area contributed by atoms with E-state index in [0.717, 1.165) is 25.1 Å². The third-order valence-corrected chi connectivity index (χ3v) is 1.81. The molecular formula is C9H8BF3O2. The summed E-state index contributed by atoms with van der Waals surface area (Å²) in [6, 6.07) is 1.89. The standard InChI is InChI=1S/C9H8BF3O2/c1-2-6(9(11,12)13)5-3-7(14)10-8(15)4-5/h2-4,14-15H,1H3/b6-2-. The second-order valence-corrected chi connectivity index (χ2v) is 2.94. The summed E-state index contributed by atoms with van der Waals surface area (Å²) in [5.41, 5.74) is -1.97. The van der Waals surface area contributed by atoms with Crippen LogP contribution in [0.5, 0.6) is 11.3 Å². The number of aromatic hydroxyl groups is 2. The molecule has 1 heterocycles. The first-order valence-corrected chi connectivity index (χ1v) is 4.11. The van der Waals surface area contributed by atoms with Gasteiger partial charge in [0.15, 0.2) is 0 Å². The molecule has 0 spiro atoms. The van der Waals surface area contributed by atoms with Gasteiger partial charge in [0.25, 0.3) is 0 Å². The molecule has 0 bridgehead atoms.